The van der Waals surface area contributed by atoms with Crippen molar-refractivity contribution >= 4 is 16.9 Å². The Morgan fingerprint density at radius 1 is 1.14 bits per heavy atom. The zero-order valence-electron chi connectivity index (χ0n) is 12.8. The van der Waals surface area contributed by atoms with Gasteiger partial charge in [0.15, 0.2) is 5.65 Å². The van der Waals surface area contributed by atoms with Gasteiger partial charge in [0.05, 0.1) is 11.6 Å². The summed E-state index contributed by atoms with van der Waals surface area (Å²) in [6.45, 7) is 6.62. The fraction of sp³-hybridized carbons (Fsp3) is 0.667. The number of rotatable bonds is 1. The molecule has 2 fully saturated rings. The van der Waals surface area contributed by atoms with E-state index in [1.807, 2.05) is 24.9 Å². The summed E-state index contributed by atoms with van der Waals surface area (Å²) in [4.78, 5) is 14.4. The van der Waals surface area contributed by atoms with Gasteiger partial charge < -0.3 is 4.90 Å². The number of hydrogen-bond acceptors (Lipinski definition) is 5. The van der Waals surface area contributed by atoms with Gasteiger partial charge in [0.1, 0.15) is 11.6 Å². The highest BCUT2D eigenvalue weighted by Crippen LogP contribution is 2.28. The van der Waals surface area contributed by atoms with E-state index in [0.29, 0.717) is 6.04 Å². The molecule has 112 valence electrons. The first-order chi connectivity index (χ1) is 10.2. The van der Waals surface area contributed by atoms with E-state index in [9.17, 15) is 0 Å². The average Bonchev–Trinajstić information content (AvgIpc) is 3.00. The highest BCUT2D eigenvalue weighted by molar-refractivity contribution is 5.87. The Morgan fingerprint density at radius 2 is 2.00 bits per heavy atom. The second kappa shape index (κ2) is 4.94. The predicted molar refractivity (Wildman–Crippen MR) is 82.5 cm³/mol. The topological polar surface area (TPSA) is 50.1 Å². The van der Waals surface area contributed by atoms with Crippen LogP contribution in [0, 0.1) is 6.92 Å². The molecule has 0 radical (unpaired) electrons. The van der Waals surface area contributed by atoms with Crippen molar-refractivity contribution in [3.8, 4) is 0 Å². The molecule has 4 rings (SSSR count). The normalized spacial score (nSPS) is 23.5. The summed E-state index contributed by atoms with van der Waals surface area (Å²) in [6, 6.07) is 0.689. The van der Waals surface area contributed by atoms with Gasteiger partial charge in [-0.25, -0.2) is 9.97 Å². The molecule has 6 nitrogen and oxygen atoms in total. The van der Waals surface area contributed by atoms with E-state index < -0.39 is 0 Å². The first kappa shape index (κ1) is 13.0. The molecule has 0 bridgehead atoms. The lowest BCUT2D eigenvalue weighted by molar-refractivity contribution is 0.273. The molecule has 0 amide bonds. The summed E-state index contributed by atoms with van der Waals surface area (Å²) in [5.74, 6) is 1.90. The van der Waals surface area contributed by atoms with E-state index >= 15 is 0 Å². The van der Waals surface area contributed by atoms with Gasteiger partial charge in [0.25, 0.3) is 0 Å². The average molecular weight is 286 g/mol. The molecule has 0 spiro atoms. The van der Waals surface area contributed by atoms with Crippen LogP contribution in [0.5, 0.6) is 0 Å². The van der Waals surface area contributed by atoms with Crippen molar-refractivity contribution in [2.75, 3.05) is 31.1 Å². The van der Waals surface area contributed by atoms with Gasteiger partial charge in [-0.2, -0.15) is 5.10 Å². The number of aryl methyl sites for hydroxylation is 2. The monoisotopic (exact) mass is 286 g/mol. The third-order valence-corrected chi connectivity index (χ3v) is 4.79. The summed E-state index contributed by atoms with van der Waals surface area (Å²) in [5, 5.41) is 5.44. The maximum atomic E-state index is 4.74. The summed E-state index contributed by atoms with van der Waals surface area (Å²) in [7, 11) is 1.94. The van der Waals surface area contributed by atoms with Crippen molar-refractivity contribution in [1.82, 2.24) is 24.6 Å². The maximum absolute atomic E-state index is 4.74. The Balaban J connectivity index is 1.75. The fourth-order valence-electron chi connectivity index (χ4n) is 3.75. The van der Waals surface area contributed by atoms with E-state index in [0.717, 1.165) is 35.8 Å². The quantitative estimate of drug-likeness (QED) is 0.792. The van der Waals surface area contributed by atoms with Crippen LogP contribution in [0.2, 0.25) is 0 Å². The van der Waals surface area contributed by atoms with E-state index in [-0.39, 0.29) is 0 Å². The van der Waals surface area contributed by atoms with Crippen molar-refractivity contribution in [3.63, 3.8) is 0 Å². The van der Waals surface area contributed by atoms with Gasteiger partial charge in [0, 0.05) is 32.7 Å². The molecule has 0 N–H and O–H groups in total. The third-order valence-electron chi connectivity index (χ3n) is 4.79. The minimum absolute atomic E-state index is 0.689. The number of nitrogens with zero attached hydrogens (tertiary/aromatic N) is 6. The van der Waals surface area contributed by atoms with Gasteiger partial charge in [-0.3, -0.25) is 9.58 Å². The highest BCUT2D eigenvalue weighted by Gasteiger charge is 2.30. The highest BCUT2D eigenvalue weighted by atomic mass is 15.3. The van der Waals surface area contributed by atoms with Crippen LogP contribution in [-0.2, 0) is 7.05 Å². The lowest BCUT2D eigenvalue weighted by Gasteiger charge is -2.26. The zero-order valence-corrected chi connectivity index (χ0v) is 12.8. The van der Waals surface area contributed by atoms with Gasteiger partial charge in [-0.15, -0.1) is 0 Å². The van der Waals surface area contributed by atoms with Crippen LogP contribution < -0.4 is 4.90 Å². The molecule has 0 saturated carbocycles. The van der Waals surface area contributed by atoms with Crippen molar-refractivity contribution in [3.05, 3.63) is 12.0 Å². The molecule has 2 aromatic rings. The van der Waals surface area contributed by atoms with E-state index in [1.165, 1.54) is 32.4 Å². The first-order valence-corrected chi connectivity index (χ1v) is 7.88. The molecule has 4 heterocycles. The Morgan fingerprint density at radius 3 is 2.90 bits per heavy atom. The molecule has 2 aromatic heterocycles. The zero-order chi connectivity index (χ0) is 14.4. The van der Waals surface area contributed by atoms with Crippen LogP contribution in [0.1, 0.15) is 25.1 Å². The van der Waals surface area contributed by atoms with Gasteiger partial charge in [-0.05, 0) is 32.7 Å². The van der Waals surface area contributed by atoms with Crippen LogP contribution in [0.15, 0.2) is 6.20 Å². The molecule has 1 atom stereocenters. The maximum Gasteiger partial charge on any atom is 0.163 e. The van der Waals surface area contributed by atoms with Crippen LogP contribution in [-0.4, -0.2) is 56.9 Å². The van der Waals surface area contributed by atoms with Gasteiger partial charge >= 0.3 is 0 Å². The van der Waals surface area contributed by atoms with Gasteiger partial charge in [0.2, 0.25) is 0 Å². The number of aromatic nitrogens is 4. The summed E-state index contributed by atoms with van der Waals surface area (Å²) >= 11 is 0. The molecule has 2 aliphatic rings. The van der Waals surface area contributed by atoms with Crippen molar-refractivity contribution in [2.45, 2.75) is 32.2 Å². The smallest absolute Gasteiger partial charge is 0.163 e. The summed E-state index contributed by atoms with van der Waals surface area (Å²) in [5.41, 5.74) is 0.935. The van der Waals surface area contributed by atoms with Crippen molar-refractivity contribution in [1.29, 1.82) is 0 Å². The molecular weight excluding hydrogens is 264 g/mol. The largest absolute Gasteiger partial charge is 0.354 e. The lowest BCUT2D eigenvalue weighted by Crippen LogP contribution is -2.37. The molecular formula is C15H22N6. The van der Waals surface area contributed by atoms with Crippen molar-refractivity contribution < 1.29 is 0 Å². The number of fused-ring (bicyclic) bond motifs is 2. The second-order valence-corrected chi connectivity index (χ2v) is 6.23. The Labute approximate surface area is 124 Å². The van der Waals surface area contributed by atoms with Crippen molar-refractivity contribution in [2.24, 2.45) is 7.05 Å². The Kier molecular flexibility index (Phi) is 3.06. The van der Waals surface area contributed by atoms with Crippen LogP contribution >= 0.6 is 0 Å². The Bertz CT molecular complexity index is 663. The molecule has 0 aliphatic carbocycles. The molecule has 6 heteroatoms. The standard InChI is InChI=1S/C15H22N6/c1-11-17-14-13(9-16-19(14)2)15(18-11)21-8-4-7-20-6-3-5-12(20)10-21/h9,12H,3-8,10H2,1-2H3/t12-/m0/s1. The van der Waals surface area contributed by atoms with Crippen LogP contribution in [0.3, 0.4) is 0 Å². The second-order valence-electron chi connectivity index (χ2n) is 6.23. The molecule has 0 aromatic carbocycles. The molecule has 2 saturated heterocycles. The number of anilines is 1. The fourth-order valence-corrected chi connectivity index (χ4v) is 3.75. The summed E-state index contributed by atoms with van der Waals surface area (Å²) < 4.78 is 1.84. The lowest BCUT2D eigenvalue weighted by atomic mass is 10.2. The minimum atomic E-state index is 0.689. The third kappa shape index (κ3) is 2.18. The van der Waals surface area contributed by atoms with E-state index in [4.69, 9.17) is 4.98 Å². The van der Waals surface area contributed by atoms with Crippen LogP contribution in [0.25, 0.3) is 11.0 Å². The van der Waals surface area contributed by atoms with Gasteiger partial charge in [-0.1, -0.05) is 0 Å². The van der Waals surface area contributed by atoms with E-state index in [2.05, 4.69) is 19.9 Å². The molecule has 21 heavy (non-hydrogen) atoms. The Hall–Kier alpha value is -1.69. The predicted octanol–water partition coefficient (Wildman–Crippen LogP) is 1.35. The summed E-state index contributed by atoms with van der Waals surface area (Å²) in [6.07, 6.45) is 5.77. The van der Waals surface area contributed by atoms with Crippen LogP contribution in [0.4, 0.5) is 5.82 Å². The minimum Gasteiger partial charge on any atom is -0.354 e. The number of hydrogen-bond donors (Lipinski definition) is 0. The van der Waals surface area contributed by atoms with E-state index in [1.54, 1.807) is 0 Å². The first-order valence-electron chi connectivity index (χ1n) is 7.88. The SMILES string of the molecule is Cc1nc(N2CCCN3CCC[C@H]3C2)c2cnn(C)c2n1. The molecule has 0 unspecified atom stereocenters. The molecule has 2 aliphatic heterocycles.